The van der Waals surface area contributed by atoms with Gasteiger partial charge >= 0.3 is 5.97 Å². The van der Waals surface area contributed by atoms with Crippen molar-refractivity contribution in [1.29, 1.82) is 0 Å². The molecule has 0 aromatic carbocycles. The fourth-order valence-electron chi connectivity index (χ4n) is 2.02. The average Bonchev–Trinajstić information content (AvgIpc) is 2.36. The standard InChI is InChI=1S/C13H21NO3/c1-3-9-17-13(16)10(2)14-12(15)11-7-5-4-6-8-11/h3,10-11H,1,4-9H2,2H3,(H,14,15)/t10-/m1/s1. The first kappa shape index (κ1) is 13.7. The maximum atomic E-state index is 11.8. The molecule has 0 bridgehead atoms. The second-order valence-electron chi connectivity index (χ2n) is 4.48. The van der Waals surface area contributed by atoms with Crippen LogP contribution < -0.4 is 5.32 Å². The minimum Gasteiger partial charge on any atom is -0.460 e. The normalized spacial score (nSPS) is 18.2. The maximum Gasteiger partial charge on any atom is 0.328 e. The number of carbonyl (C=O) groups is 2. The Morgan fingerprint density at radius 2 is 2.06 bits per heavy atom. The number of carbonyl (C=O) groups excluding carboxylic acids is 2. The van der Waals surface area contributed by atoms with Crippen molar-refractivity contribution in [3.05, 3.63) is 12.7 Å². The van der Waals surface area contributed by atoms with Crippen molar-refractivity contribution in [2.24, 2.45) is 5.92 Å². The molecular weight excluding hydrogens is 218 g/mol. The van der Waals surface area contributed by atoms with Crippen molar-refractivity contribution < 1.29 is 14.3 Å². The first-order chi connectivity index (χ1) is 8.15. The summed E-state index contributed by atoms with van der Waals surface area (Å²) < 4.78 is 4.87. The smallest absolute Gasteiger partial charge is 0.328 e. The van der Waals surface area contributed by atoms with Crippen molar-refractivity contribution in [3.8, 4) is 0 Å². The van der Waals surface area contributed by atoms with Crippen LogP contribution in [0.1, 0.15) is 39.0 Å². The molecule has 4 heteroatoms. The fraction of sp³-hybridized carbons (Fsp3) is 0.692. The molecule has 96 valence electrons. The predicted molar refractivity (Wildman–Crippen MR) is 65.3 cm³/mol. The van der Waals surface area contributed by atoms with Crippen molar-refractivity contribution in [2.45, 2.75) is 45.1 Å². The Morgan fingerprint density at radius 1 is 1.41 bits per heavy atom. The lowest BCUT2D eigenvalue weighted by Crippen LogP contribution is -2.43. The summed E-state index contributed by atoms with van der Waals surface area (Å²) in [4.78, 5) is 23.3. The molecule has 1 N–H and O–H groups in total. The van der Waals surface area contributed by atoms with Gasteiger partial charge in [0.05, 0.1) is 0 Å². The number of esters is 1. The van der Waals surface area contributed by atoms with Crippen LogP contribution in [0.4, 0.5) is 0 Å². The molecule has 0 aromatic heterocycles. The van der Waals surface area contributed by atoms with Gasteiger partial charge in [0, 0.05) is 5.92 Å². The Morgan fingerprint density at radius 3 is 2.65 bits per heavy atom. The molecule has 0 spiro atoms. The molecule has 1 saturated carbocycles. The van der Waals surface area contributed by atoms with Crippen LogP contribution in [0.5, 0.6) is 0 Å². The highest BCUT2D eigenvalue weighted by molar-refractivity contribution is 5.85. The van der Waals surface area contributed by atoms with Gasteiger partial charge in [-0.15, -0.1) is 0 Å². The van der Waals surface area contributed by atoms with Gasteiger partial charge in [0.25, 0.3) is 0 Å². The molecule has 1 amide bonds. The Bertz CT molecular complexity index is 282. The van der Waals surface area contributed by atoms with E-state index in [1.54, 1.807) is 6.92 Å². The number of nitrogens with one attached hydrogen (secondary N) is 1. The van der Waals surface area contributed by atoms with Gasteiger partial charge in [0.2, 0.25) is 5.91 Å². The largest absolute Gasteiger partial charge is 0.460 e. The van der Waals surface area contributed by atoms with E-state index in [-0.39, 0.29) is 18.4 Å². The third-order valence-electron chi connectivity index (χ3n) is 3.03. The molecule has 4 nitrogen and oxygen atoms in total. The molecular formula is C13H21NO3. The minimum absolute atomic E-state index is 0.0206. The first-order valence-electron chi connectivity index (χ1n) is 6.23. The molecule has 0 saturated heterocycles. The molecule has 1 aliphatic carbocycles. The average molecular weight is 239 g/mol. The van der Waals surface area contributed by atoms with Gasteiger partial charge in [-0.25, -0.2) is 4.79 Å². The summed E-state index contributed by atoms with van der Waals surface area (Å²) in [5.74, 6) is -0.361. The SMILES string of the molecule is C=CCOC(=O)[C@@H](C)NC(=O)C1CCCCC1. The third kappa shape index (κ3) is 4.59. The maximum absolute atomic E-state index is 11.8. The van der Waals surface area contributed by atoms with Gasteiger partial charge < -0.3 is 10.1 Å². The van der Waals surface area contributed by atoms with Crippen LogP contribution in [0, 0.1) is 5.92 Å². The fourth-order valence-corrected chi connectivity index (χ4v) is 2.02. The van der Waals surface area contributed by atoms with Crippen LogP contribution in [0.2, 0.25) is 0 Å². The number of hydrogen-bond donors (Lipinski definition) is 1. The van der Waals surface area contributed by atoms with E-state index in [9.17, 15) is 9.59 Å². The Balaban J connectivity index is 2.33. The summed E-state index contributed by atoms with van der Waals surface area (Å²) in [5.41, 5.74) is 0. The summed E-state index contributed by atoms with van der Waals surface area (Å²) >= 11 is 0. The zero-order valence-corrected chi connectivity index (χ0v) is 10.4. The van der Waals surface area contributed by atoms with Crippen LogP contribution in [0.3, 0.4) is 0 Å². The molecule has 1 rings (SSSR count). The summed E-state index contributed by atoms with van der Waals surface area (Å²) in [6.07, 6.45) is 6.79. The van der Waals surface area contributed by atoms with Gasteiger partial charge in [-0.1, -0.05) is 31.9 Å². The molecule has 17 heavy (non-hydrogen) atoms. The highest BCUT2D eigenvalue weighted by atomic mass is 16.5. The molecule has 0 aliphatic heterocycles. The van der Waals surface area contributed by atoms with Crippen molar-refractivity contribution in [1.82, 2.24) is 5.32 Å². The number of hydrogen-bond acceptors (Lipinski definition) is 3. The van der Waals surface area contributed by atoms with Crippen LogP contribution >= 0.6 is 0 Å². The van der Waals surface area contributed by atoms with Gasteiger partial charge in [-0.05, 0) is 19.8 Å². The van der Waals surface area contributed by atoms with E-state index in [0.717, 1.165) is 25.7 Å². The summed E-state index contributed by atoms with van der Waals surface area (Å²) in [6, 6.07) is -0.579. The van der Waals surface area contributed by atoms with Gasteiger partial charge in [-0.2, -0.15) is 0 Å². The molecule has 1 atom stereocenters. The van der Waals surface area contributed by atoms with Gasteiger partial charge in [0.1, 0.15) is 12.6 Å². The lowest BCUT2D eigenvalue weighted by Gasteiger charge is -2.22. The van der Waals surface area contributed by atoms with Crippen LogP contribution in [-0.4, -0.2) is 24.5 Å². The Hall–Kier alpha value is -1.32. The summed E-state index contributed by atoms with van der Waals surface area (Å²) in [5, 5.41) is 2.71. The van der Waals surface area contributed by atoms with E-state index >= 15 is 0 Å². The quantitative estimate of drug-likeness (QED) is 0.588. The van der Waals surface area contributed by atoms with E-state index in [1.807, 2.05) is 0 Å². The van der Waals surface area contributed by atoms with Crippen molar-refractivity contribution >= 4 is 11.9 Å². The minimum atomic E-state index is -0.579. The van der Waals surface area contributed by atoms with Gasteiger partial charge in [0.15, 0.2) is 0 Å². The van der Waals surface area contributed by atoms with E-state index in [1.165, 1.54) is 12.5 Å². The predicted octanol–water partition coefficient (Wildman–Crippen LogP) is 1.80. The van der Waals surface area contributed by atoms with Crippen LogP contribution in [-0.2, 0) is 14.3 Å². The monoisotopic (exact) mass is 239 g/mol. The second kappa shape index (κ2) is 7.09. The molecule has 0 heterocycles. The number of ether oxygens (including phenoxy) is 1. The Labute approximate surface area is 102 Å². The van der Waals surface area contributed by atoms with Crippen LogP contribution in [0.25, 0.3) is 0 Å². The van der Waals surface area contributed by atoms with E-state index < -0.39 is 12.0 Å². The lowest BCUT2D eigenvalue weighted by molar-refractivity contribution is -0.146. The van der Waals surface area contributed by atoms with Crippen molar-refractivity contribution in [3.63, 3.8) is 0 Å². The van der Waals surface area contributed by atoms with Gasteiger partial charge in [-0.3, -0.25) is 4.79 Å². The molecule has 1 fully saturated rings. The Kier molecular flexibility index (Phi) is 5.73. The zero-order chi connectivity index (χ0) is 12.7. The summed E-state index contributed by atoms with van der Waals surface area (Å²) in [7, 11) is 0. The number of amides is 1. The van der Waals surface area contributed by atoms with Crippen molar-refractivity contribution in [2.75, 3.05) is 6.61 Å². The highest BCUT2D eigenvalue weighted by Crippen LogP contribution is 2.23. The molecule has 0 unspecified atom stereocenters. The second-order valence-corrected chi connectivity index (χ2v) is 4.48. The third-order valence-corrected chi connectivity index (χ3v) is 3.03. The van der Waals surface area contributed by atoms with E-state index in [0.29, 0.717) is 0 Å². The number of rotatable bonds is 5. The molecule has 0 aromatic rings. The van der Waals surface area contributed by atoms with Crippen LogP contribution in [0.15, 0.2) is 12.7 Å². The van der Waals surface area contributed by atoms with E-state index in [2.05, 4.69) is 11.9 Å². The zero-order valence-electron chi connectivity index (χ0n) is 10.4. The molecule has 1 aliphatic rings. The highest BCUT2D eigenvalue weighted by Gasteiger charge is 2.24. The summed E-state index contributed by atoms with van der Waals surface area (Å²) in [6.45, 7) is 5.29. The lowest BCUT2D eigenvalue weighted by atomic mass is 9.88. The first-order valence-corrected chi connectivity index (χ1v) is 6.23. The molecule has 0 radical (unpaired) electrons. The topological polar surface area (TPSA) is 55.4 Å². The van der Waals surface area contributed by atoms with E-state index in [4.69, 9.17) is 4.74 Å².